The van der Waals surface area contributed by atoms with Gasteiger partial charge in [0, 0.05) is 35.0 Å². The number of carbonyl (C=O) groups is 1. The summed E-state index contributed by atoms with van der Waals surface area (Å²) in [4.78, 5) is 15.6. The number of benzene rings is 2. The number of nitrogens with one attached hydrogen (secondary N) is 2. The Kier molecular flexibility index (Phi) is 7.44. The second-order valence-corrected chi connectivity index (χ2v) is 9.67. The van der Waals surface area contributed by atoms with Gasteiger partial charge in [0.15, 0.2) is 6.30 Å². The van der Waals surface area contributed by atoms with Gasteiger partial charge in [-0.1, -0.05) is 36.8 Å². The van der Waals surface area contributed by atoms with Crippen molar-refractivity contribution in [2.45, 2.75) is 39.4 Å². The number of alkyl halides is 1. The van der Waals surface area contributed by atoms with E-state index in [0.29, 0.717) is 29.3 Å². The molecule has 0 saturated heterocycles. The first-order valence-corrected chi connectivity index (χ1v) is 13.0. The maximum absolute atomic E-state index is 14.9. The molecule has 0 spiro atoms. The molecule has 8 heteroatoms. The molecular formula is C31H29FN4O3. The molecule has 198 valence electrons. The number of hydrogen-bond donors (Lipinski definition) is 3. The van der Waals surface area contributed by atoms with Crippen LogP contribution in [0.5, 0.6) is 5.88 Å². The maximum atomic E-state index is 14.9. The number of aryl methyl sites for hydroxylation is 1. The van der Waals surface area contributed by atoms with Crippen LogP contribution in [-0.2, 0) is 4.79 Å². The number of anilines is 1. The number of aliphatic carboxylic acids is 1. The number of allylic oxidation sites excluding steroid dienone is 1. The Balaban J connectivity index is 1.79. The predicted octanol–water partition coefficient (Wildman–Crippen LogP) is 6.42. The second kappa shape index (κ2) is 11.1. The van der Waals surface area contributed by atoms with Crippen molar-refractivity contribution >= 4 is 28.9 Å². The molecular weight excluding hydrogens is 495 g/mol. The molecule has 2 aromatic carbocycles. The SMILES string of the molecule is CCOc1cc(C)c(/C(=C(\c2ccc(/C=C/C(=O)O)cc2)c2ccc3c(c2C#N)C(F)NN3)C2CCC2)cn1. The van der Waals surface area contributed by atoms with Crippen molar-refractivity contribution < 1.29 is 19.0 Å². The number of nitrogens with zero attached hydrogens (tertiary/aromatic N) is 2. The third kappa shape index (κ3) is 5.14. The molecule has 0 bridgehead atoms. The average Bonchev–Trinajstić information content (AvgIpc) is 3.28. The Morgan fingerprint density at radius 1 is 1.23 bits per heavy atom. The molecule has 1 unspecified atom stereocenters. The van der Waals surface area contributed by atoms with Crippen LogP contribution in [-0.4, -0.2) is 22.7 Å². The standard InChI is InChI=1S/C31H29FN4O3/c1-3-39-26-15-18(2)24(17-34-26)29(20-5-4-6-20)28(21-10-7-19(8-11-21)9-14-27(37)38)22-12-13-25-30(23(22)16-33)31(32)36-35-25/h7-15,17,20,31,35-36H,3-6H2,1-2H3,(H,37,38)/b14-9+,29-28+. The average molecular weight is 525 g/mol. The summed E-state index contributed by atoms with van der Waals surface area (Å²) in [7, 11) is 0. The van der Waals surface area contributed by atoms with Gasteiger partial charge in [-0.2, -0.15) is 5.26 Å². The Labute approximate surface area is 226 Å². The van der Waals surface area contributed by atoms with E-state index in [0.717, 1.165) is 58.7 Å². The van der Waals surface area contributed by atoms with E-state index in [-0.39, 0.29) is 11.5 Å². The Bertz CT molecular complexity index is 1520. The first kappa shape index (κ1) is 26.1. The van der Waals surface area contributed by atoms with Crippen LogP contribution in [0.15, 0.2) is 54.7 Å². The number of pyridine rings is 1. The summed E-state index contributed by atoms with van der Waals surface area (Å²) >= 11 is 0. The number of carboxylic acids is 1. The zero-order valence-corrected chi connectivity index (χ0v) is 21.8. The van der Waals surface area contributed by atoms with Crippen molar-refractivity contribution in [1.82, 2.24) is 10.4 Å². The monoisotopic (exact) mass is 524 g/mol. The van der Waals surface area contributed by atoms with Crippen molar-refractivity contribution in [2.24, 2.45) is 5.92 Å². The normalized spacial score (nSPS) is 17.1. The topological polar surface area (TPSA) is 107 Å². The summed E-state index contributed by atoms with van der Waals surface area (Å²) in [6.07, 6.45) is 6.03. The van der Waals surface area contributed by atoms with Gasteiger partial charge in [-0.25, -0.2) is 19.6 Å². The van der Waals surface area contributed by atoms with Gasteiger partial charge in [0.2, 0.25) is 5.88 Å². The third-order valence-corrected chi connectivity index (χ3v) is 7.28. The summed E-state index contributed by atoms with van der Waals surface area (Å²) in [5.41, 5.74) is 12.6. The molecule has 1 atom stereocenters. The molecule has 39 heavy (non-hydrogen) atoms. The van der Waals surface area contributed by atoms with Gasteiger partial charge in [-0.05, 0) is 72.6 Å². The maximum Gasteiger partial charge on any atom is 0.328 e. The van der Waals surface area contributed by atoms with Gasteiger partial charge in [-0.15, -0.1) is 0 Å². The van der Waals surface area contributed by atoms with Gasteiger partial charge < -0.3 is 15.3 Å². The lowest BCUT2D eigenvalue weighted by molar-refractivity contribution is -0.131. The first-order valence-electron chi connectivity index (χ1n) is 13.0. The molecule has 5 rings (SSSR count). The fourth-order valence-electron chi connectivity index (χ4n) is 5.21. The highest BCUT2D eigenvalue weighted by Crippen LogP contribution is 2.48. The van der Waals surface area contributed by atoms with E-state index in [1.807, 2.05) is 56.4 Å². The van der Waals surface area contributed by atoms with Crippen molar-refractivity contribution in [3.05, 3.63) is 93.7 Å². The van der Waals surface area contributed by atoms with E-state index in [2.05, 4.69) is 21.9 Å². The molecule has 1 fully saturated rings. The number of hydrazine groups is 1. The van der Waals surface area contributed by atoms with Crippen LogP contribution in [0.2, 0.25) is 0 Å². The number of aromatic nitrogens is 1. The molecule has 1 aliphatic heterocycles. The number of ether oxygens (including phenoxy) is 1. The molecule has 1 saturated carbocycles. The van der Waals surface area contributed by atoms with E-state index < -0.39 is 12.3 Å². The van der Waals surface area contributed by atoms with Crippen molar-refractivity contribution in [3.63, 3.8) is 0 Å². The Morgan fingerprint density at radius 2 is 2.00 bits per heavy atom. The van der Waals surface area contributed by atoms with Crippen molar-refractivity contribution in [2.75, 3.05) is 12.0 Å². The molecule has 2 heterocycles. The smallest absolute Gasteiger partial charge is 0.328 e. The van der Waals surface area contributed by atoms with Gasteiger partial charge in [0.1, 0.15) is 6.07 Å². The number of fused-ring (bicyclic) bond motifs is 1. The number of hydrogen-bond acceptors (Lipinski definition) is 6. The van der Waals surface area contributed by atoms with Crippen molar-refractivity contribution in [1.29, 1.82) is 5.26 Å². The van der Waals surface area contributed by atoms with Crippen LogP contribution >= 0.6 is 0 Å². The lowest BCUT2D eigenvalue weighted by atomic mass is 9.72. The van der Waals surface area contributed by atoms with E-state index in [1.54, 1.807) is 6.07 Å². The van der Waals surface area contributed by atoms with E-state index in [1.165, 1.54) is 6.08 Å². The van der Waals surface area contributed by atoms with Gasteiger partial charge in [0.05, 0.1) is 17.9 Å². The number of halogens is 1. The quantitative estimate of drug-likeness (QED) is 0.231. The molecule has 7 nitrogen and oxygen atoms in total. The Hall–Kier alpha value is -4.48. The molecule has 0 radical (unpaired) electrons. The molecule has 0 amide bonds. The van der Waals surface area contributed by atoms with Crippen LogP contribution < -0.4 is 15.6 Å². The van der Waals surface area contributed by atoms with Gasteiger partial charge in [-0.3, -0.25) is 0 Å². The number of nitriles is 1. The summed E-state index contributed by atoms with van der Waals surface area (Å²) in [5, 5.41) is 19.3. The zero-order chi connectivity index (χ0) is 27.5. The lowest BCUT2D eigenvalue weighted by Gasteiger charge is -2.32. The van der Waals surface area contributed by atoms with E-state index >= 15 is 0 Å². The summed E-state index contributed by atoms with van der Waals surface area (Å²) in [6, 6.07) is 15.4. The van der Waals surface area contributed by atoms with Gasteiger partial charge in [0.25, 0.3) is 0 Å². The molecule has 3 aromatic rings. The highest BCUT2D eigenvalue weighted by molar-refractivity contribution is 6.02. The van der Waals surface area contributed by atoms with Gasteiger partial charge >= 0.3 is 5.97 Å². The molecule has 2 aliphatic rings. The first-order chi connectivity index (χ1) is 18.9. The fraction of sp³-hybridized carbons (Fsp3) is 0.258. The van der Waals surface area contributed by atoms with Crippen LogP contribution in [0.1, 0.15) is 71.4 Å². The summed E-state index contributed by atoms with van der Waals surface area (Å²) in [5.74, 6) is -0.233. The largest absolute Gasteiger partial charge is 0.478 e. The minimum atomic E-state index is -1.51. The number of carboxylic acid groups (broad SMARTS) is 1. The minimum absolute atomic E-state index is 0.238. The Morgan fingerprint density at radius 3 is 2.62 bits per heavy atom. The van der Waals surface area contributed by atoms with E-state index in [4.69, 9.17) is 9.84 Å². The van der Waals surface area contributed by atoms with Crippen LogP contribution in [0, 0.1) is 24.2 Å². The molecule has 3 N–H and O–H groups in total. The summed E-state index contributed by atoms with van der Waals surface area (Å²) < 4.78 is 20.6. The second-order valence-electron chi connectivity index (χ2n) is 9.67. The highest BCUT2D eigenvalue weighted by Gasteiger charge is 2.32. The minimum Gasteiger partial charge on any atom is -0.478 e. The molecule has 1 aliphatic carbocycles. The van der Waals surface area contributed by atoms with Crippen LogP contribution in [0.3, 0.4) is 0 Å². The lowest BCUT2D eigenvalue weighted by Crippen LogP contribution is -2.17. The van der Waals surface area contributed by atoms with E-state index in [9.17, 15) is 14.4 Å². The van der Waals surface area contributed by atoms with Crippen molar-refractivity contribution in [3.8, 4) is 11.9 Å². The highest BCUT2D eigenvalue weighted by atomic mass is 19.1. The third-order valence-electron chi connectivity index (χ3n) is 7.28. The fourth-order valence-corrected chi connectivity index (χ4v) is 5.21. The van der Waals surface area contributed by atoms with Crippen LogP contribution in [0.25, 0.3) is 17.2 Å². The number of rotatable bonds is 8. The molecule has 1 aromatic heterocycles. The predicted molar refractivity (Wildman–Crippen MR) is 148 cm³/mol. The zero-order valence-electron chi connectivity index (χ0n) is 21.8. The summed E-state index contributed by atoms with van der Waals surface area (Å²) in [6.45, 7) is 4.45. The van der Waals surface area contributed by atoms with Crippen LogP contribution in [0.4, 0.5) is 10.1 Å².